The molecule has 0 saturated carbocycles. The van der Waals surface area contributed by atoms with Crippen molar-refractivity contribution in [1.82, 2.24) is 0 Å². The fourth-order valence-electron chi connectivity index (χ4n) is 1.16. The number of alkyl halides is 1. The number of hydrogen-bond donors (Lipinski definition) is 1. The molecule has 0 aliphatic rings. The lowest BCUT2D eigenvalue weighted by Gasteiger charge is -2.04. The normalized spacial score (nSPS) is 12.9. The van der Waals surface area contributed by atoms with E-state index >= 15 is 0 Å². The van der Waals surface area contributed by atoms with Gasteiger partial charge in [0, 0.05) is 0 Å². The Bertz CT molecular complexity index is 245. The minimum absolute atomic E-state index is 0.615. The summed E-state index contributed by atoms with van der Waals surface area (Å²) in [4.78, 5) is 0. The monoisotopic (exact) mass is 167 g/mol. The number of benzene rings is 1. The molecule has 12 heavy (non-hydrogen) atoms. The maximum Gasteiger partial charge on any atom is 0.122 e. The van der Waals surface area contributed by atoms with Crippen LogP contribution in [0.4, 0.5) is 4.39 Å². The maximum atomic E-state index is 12.8. The highest BCUT2D eigenvalue weighted by molar-refractivity contribution is 5.25. The predicted octanol–water partition coefficient (Wildman–Crippen LogP) is 2.22. The first-order valence-electron chi connectivity index (χ1n) is 4.17. The van der Waals surface area contributed by atoms with Gasteiger partial charge >= 0.3 is 0 Å². The van der Waals surface area contributed by atoms with Crippen LogP contribution in [-0.4, -0.2) is 6.54 Å². The Kier molecular flexibility index (Phi) is 3.23. The van der Waals surface area contributed by atoms with Crippen molar-refractivity contribution in [2.24, 2.45) is 5.73 Å². The van der Waals surface area contributed by atoms with Crippen molar-refractivity contribution >= 4 is 0 Å². The average Bonchev–Trinajstić information content (AvgIpc) is 2.05. The zero-order valence-corrected chi connectivity index (χ0v) is 7.26. The number of halogens is 1. The standard InChI is InChI=1S/C10H14FN/c1-8(11)10-4-2-3-9(7-10)5-6-12/h2-4,7-8H,5-6,12H2,1H3. The first-order valence-corrected chi connectivity index (χ1v) is 4.17. The molecule has 0 aliphatic heterocycles. The summed E-state index contributed by atoms with van der Waals surface area (Å²) in [6, 6.07) is 7.51. The van der Waals surface area contributed by atoms with Gasteiger partial charge < -0.3 is 5.73 Å². The fraction of sp³-hybridized carbons (Fsp3) is 0.400. The molecule has 1 aromatic carbocycles. The van der Waals surface area contributed by atoms with E-state index in [-0.39, 0.29) is 0 Å². The van der Waals surface area contributed by atoms with E-state index in [0.29, 0.717) is 6.54 Å². The van der Waals surface area contributed by atoms with E-state index < -0.39 is 6.17 Å². The summed E-state index contributed by atoms with van der Waals surface area (Å²) in [5.41, 5.74) is 7.24. The third-order valence-corrected chi connectivity index (χ3v) is 1.84. The van der Waals surface area contributed by atoms with E-state index in [2.05, 4.69) is 0 Å². The van der Waals surface area contributed by atoms with Crippen LogP contribution in [0.3, 0.4) is 0 Å². The molecule has 0 aromatic heterocycles. The van der Waals surface area contributed by atoms with Crippen LogP contribution in [0.1, 0.15) is 24.2 Å². The molecular formula is C10H14FN. The number of nitrogens with two attached hydrogens (primary N) is 1. The molecule has 1 atom stereocenters. The molecule has 66 valence electrons. The smallest absolute Gasteiger partial charge is 0.122 e. The second-order valence-electron chi connectivity index (χ2n) is 2.90. The van der Waals surface area contributed by atoms with Crippen molar-refractivity contribution in [3.8, 4) is 0 Å². The molecule has 1 aromatic rings. The molecule has 2 N–H and O–H groups in total. The predicted molar refractivity (Wildman–Crippen MR) is 48.7 cm³/mol. The molecule has 0 fully saturated rings. The SMILES string of the molecule is CC(F)c1cccc(CCN)c1. The number of hydrogen-bond acceptors (Lipinski definition) is 1. The lowest BCUT2D eigenvalue weighted by atomic mass is 10.1. The Morgan fingerprint density at radius 3 is 2.83 bits per heavy atom. The maximum absolute atomic E-state index is 12.8. The van der Waals surface area contributed by atoms with Gasteiger partial charge in [0.1, 0.15) is 6.17 Å². The van der Waals surface area contributed by atoms with Gasteiger partial charge in [0.2, 0.25) is 0 Å². The summed E-state index contributed by atoms with van der Waals surface area (Å²) >= 11 is 0. The summed E-state index contributed by atoms with van der Waals surface area (Å²) in [5.74, 6) is 0. The topological polar surface area (TPSA) is 26.0 Å². The highest BCUT2D eigenvalue weighted by atomic mass is 19.1. The molecule has 2 heteroatoms. The summed E-state index contributed by atoms with van der Waals surface area (Å²) < 4.78 is 12.8. The van der Waals surface area contributed by atoms with E-state index in [0.717, 1.165) is 17.5 Å². The van der Waals surface area contributed by atoms with Crippen LogP contribution in [-0.2, 0) is 6.42 Å². The van der Waals surface area contributed by atoms with Crippen LogP contribution in [0.2, 0.25) is 0 Å². The van der Waals surface area contributed by atoms with Crippen molar-refractivity contribution in [2.75, 3.05) is 6.54 Å². The summed E-state index contributed by atoms with van der Waals surface area (Å²) in [5, 5.41) is 0. The average molecular weight is 167 g/mol. The van der Waals surface area contributed by atoms with Crippen LogP contribution in [0.5, 0.6) is 0 Å². The quantitative estimate of drug-likeness (QED) is 0.734. The van der Waals surface area contributed by atoms with Crippen LogP contribution < -0.4 is 5.73 Å². The molecule has 0 bridgehead atoms. The van der Waals surface area contributed by atoms with Crippen LogP contribution in [0.25, 0.3) is 0 Å². The third-order valence-electron chi connectivity index (χ3n) is 1.84. The van der Waals surface area contributed by atoms with Crippen molar-refractivity contribution < 1.29 is 4.39 Å². The largest absolute Gasteiger partial charge is 0.330 e. The molecule has 0 heterocycles. The van der Waals surface area contributed by atoms with Crippen LogP contribution >= 0.6 is 0 Å². The Balaban J connectivity index is 2.81. The molecular weight excluding hydrogens is 153 g/mol. The molecule has 1 unspecified atom stereocenters. The summed E-state index contributed by atoms with van der Waals surface area (Å²) in [6.07, 6.45) is -0.0664. The Morgan fingerprint density at radius 2 is 2.25 bits per heavy atom. The van der Waals surface area contributed by atoms with Crippen molar-refractivity contribution in [3.05, 3.63) is 35.4 Å². The molecule has 0 radical (unpaired) electrons. The minimum atomic E-state index is -0.886. The van der Waals surface area contributed by atoms with Gasteiger partial charge in [0.15, 0.2) is 0 Å². The van der Waals surface area contributed by atoms with E-state index in [1.54, 1.807) is 13.0 Å². The zero-order valence-electron chi connectivity index (χ0n) is 7.26. The van der Waals surface area contributed by atoms with Gasteiger partial charge in [0.25, 0.3) is 0 Å². The molecule has 0 amide bonds. The summed E-state index contributed by atoms with van der Waals surface area (Å²) in [7, 11) is 0. The van der Waals surface area contributed by atoms with E-state index in [4.69, 9.17) is 5.73 Å². The first-order chi connectivity index (χ1) is 5.74. The van der Waals surface area contributed by atoms with Gasteiger partial charge in [-0.15, -0.1) is 0 Å². The van der Waals surface area contributed by atoms with Gasteiger partial charge in [-0.3, -0.25) is 0 Å². The molecule has 0 aliphatic carbocycles. The van der Waals surface area contributed by atoms with Gasteiger partial charge in [-0.25, -0.2) is 4.39 Å². The lowest BCUT2D eigenvalue weighted by Crippen LogP contribution is -2.02. The second kappa shape index (κ2) is 4.21. The number of rotatable bonds is 3. The second-order valence-corrected chi connectivity index (χ2v) is 2.90. The fourth-order valence-corrected chi connectivity index (χ4v) is 1.16. The zero-order chi connectivity index (χ0) is 8.97. The van der Waals surface area contributed by atoms with Crippen molar-refractivity contribution in [1.29, 1.82) is 0 Å². The van der Waals surface area contributed by atoms with E-state index in [1.165, 1.54) is 0 Å². The first kappa shape index (κ1) is 9.20. The highest BCUT2D eigenvalue weighted by Gasteiger charge is 2.02. The van der Waals surface area contributed by atoms with Crippen molar-refractivity contribution in [2.45, 2.75) is 19.5 Å². The highest BCUT2D eigenvalue weighted by Crippen LogP contribution is 2.17. The molecule has 1 nitrogen and oxygen atoms in total. The van der Waals surface area contributed by atoms with E-state index in [9.17, 15) is 4.39 Å². The minimum Gasteiger partial charge on any atom is -0.330 e. The lowest BCUT2D eigenvalue weighted by molar-refractivity contribution is 0.374. The Labute approximate surface area is 72.4 Å². The molecule has 0 spiro atoms. The molecule has 1 rings (SSSR count). The van der Waals surface area contributed by atoms with Crippen LogP contribution in [0.15, 0.2) is 24.3 Å². The van der Waals surface area contributed by atoms with Gasteiger partial charge in [-0.1, -0.05) is 24.3 Å². The van der Waals surface area contributed by atoms with Gasteiger partial charge in [0.05, 0.1) is 0 Å². The summed E-state index contributed by atoms with van der Waals surface area (Å²) in [6.45, 7) is 2.16. The van der Waals surface area contributed by atoms with Crippen LogP contribution in [0, 0.1) is 0 Å². The third kappa shape index (κ3) is 2.31. The van der Waals surface area contributed by atoms with E-state index in [1.807, 2.05) is 18.2 Å². The Hall–Kier alpha value is -0.890. The van der Waals surface area contributed by atoms with Gasteiger partial charge in [-0.2, -0.15) is 0 Å². The van der Waals surface area contributed by atoms with Gasteiger partial charge in [-0.05, 0) is 31.0 Å². The Morgan fingerprint density at radius 1 is 1.50 bits per heavy atom. The van der Waals surface area contributed by atoms with Crippen molar-refractivity contribution in [3.63, 3.8) is 0 Å². The molecule has 0 saturated heterocycles.